The van der Waals surface area contributed by atoms with E-state index in [1.807, 2.05) is 25.1 Å². The number of aryl methyl sites for hydroxylation is 1. The molecule has 2 N–H and O–H groups in total. The van der Waals surface area contributed by atoms with Crippen molar-refractivity contribution < 1.29 is 0 Å². The van der Waals surface area contributed by atoms with Crippen molar-refractivity contribution in [2.45, 2.75) is 25.8 Å². The SMILES string of the molecule is C#Cc1cccc(CCC(C)N)c1. The van der Waals surface area contributed by atoms with Crippen LogP contribution in [0.4, 0.5) is 0 Å². The van der Waals surface area contributed by atoms with E-state index in [1.54, 1.807) is 0 Å². The molecular formula is C12H15N. The van der Waals surface area contributed by atoms with Crippen molar-refractivity contribution in [2.24, 2.45) is 5.73 Å². The van der Waals surface area contributed by atoms with Crippen molar-refractivity contribution in [1.82, 2.24) is 0 Å². The molecule has 13 heavy (non-hydrogen) atoms. The number of terminal acetylenes is 1. The fourth-order valence-corrected chi connectivity index (χ4v) is 1.21. The highest BCUT2D eigenvalue weighted by atomic mass is 14.6. The molecule has 1 nitrogen and oxygen atoms in total. The number of hydrogen-bond donors (Lipinski definition) is 1. The zero-order valence-electron chi connectivity index (χ0n) is 7.96. The summed E-state index contributed by atoms with van der Waals surface area (Å²) in [6.45, 7) is 2.02. The number of benzene rings is 1. The van der Waals surface area contributed by atoms with E-state index in [9.17, 15) is 0 Å². The maximum atomic E-state index is 5.67. The molecule has 0 aliphatic heterocycles. The van der Waals surface area contributed by atoms with Gasteiger partial charge >= 0.3 is 0 Å². The van der Waals surface area contributed by atoms with Gasteiger partial charge in [0.2, 0.25) is 0 Å². The van der Waals surface area contributed by atoms with Gasteiger partial charge in [-0.3, -0.25) is 0 Å². The van der Waals surface area contributed by atoms with Crippen LogP contribution in [0.3, 0.4) is 0 Å². The van der Waals surface area contributed by atoms with Crippen molar-refractivity contribution in [2.75, 3.05) is 0 Å². The van der Waals surface area contributed by atoms with E-state index in [-0.39, 0.29) is 6.04 Å². The van der Waals surface area contributed by atoms with Crippen LogP contribution in [-0.4, -0.2) is 6.04 Å². The van der Waals surface area contributed by atoms with E-state index in [1.165, 1.54) is 5.56 Å². The highest BCUT2D eigenvalue weighted by Gasteiger charge is 1.97. The van der Waals surface area contributed by atoms with Gasteiger partial charge in [-0.05, 0) is 37.5 Å². The van der Waals surface area contributed by atoms with Gasteiger partial charge in [-0.15, -0.1) is 6.42 Å². The Kier molecular flexibility index (Phi) is 3.54. The third kappa shape index (κ3) is 3.31. The van der Waals surface area contributed by atoms with Crippen LogP contribution in [0.5, 0.6) is 0 Å². The summed E-state index contributed by atoms with van der Waals surface area (Å²) in [5, 5.41) is 0. The summed E-state index contributed by atoms with van der Waals surface area (Å²) >= 11 is 0. The second kappa shape index (κ2) is 4.69. The van der Waals surface area contributed by atoms with Gasteiger partial charge in [0.15, 0.2) is 0 Å². The van der Waals surface area contributed by atoms with Crippen molar-refractivity contribution >= 4 is 0 Å². The van der Waals surface area contributed by atoms with Gasteiger partial charge in [0.1, 0.15) is 0 Å². The Morgan fingerprint density at radius 3 is 2.92 bits per heavy atom. The lowest BCUT2D eigenvalue weighted by atomic mass is 10.0. The third-order valence-corrected chi connectivity index (χ3v) is 1.98. The van der Waals surface area contributed by atoms with Crippen LogP contribution in [0.2, 0.25) is 0 Å². The molecule has 0 aliphatic rings. The maximum Gasteiger partial charge on any atom is 0.0245 e. The second-order valence-electron chi connectivity index (χ2n) is 3.36. The largest absolute Gasteiger partial charge is 0.328 e. The van der Waals surface area contributed by atoms with Crippen LogP contribution < -0.4 is 5.73 Å². The quantitative estimate of drug-likeness (QED) is 0.695. The van der Waals surface area contributed by atoms with E-state index in [0.717, 1.165) is 18.4 Å². The monoisotopic (exact) mass is 173 g/mol. The zero-order chi connectivity index (χ0) is 9.68. The lowest BCUT2D eigenvalue weighted by molar-refractivity contribution is 0.666. The number of rotatable bonds is 3. The molecule has 0 saturated heterocycles. The van der Waals surface area contributed by atoms with E-state index in [0.29, 0.717) is 0 Å². The summed E-state index contributed by atoms with van der Waals surface area (Å²) in [4.78, 5) is 0. The average molecular weight is 173 g/mol. The maximum absolute atomic E-state index is 5.67. The van der Waals surface area contributed by atoms with Crippen LogP contribution in [0.25, 0.3) is 0 Å². The molecule has 0 heterocycles. The van der Waals surface area contributed by atoms with Crippen molar-refractivity contribution in [3.05, 3.63) is 35.4 Å². The summed E-state index contributed by atoms with van der Waals surface area (Å²) in [6, 6.07) is 8.32. The minimum atomic E-state index is 0.259. The van der Waals surface area contributed by atoms with Crippen LogP contribution in [0, 0.1) is 12.3 Å². The highest BCUT2D eigenvalue weighted by molar-refractivity contribution is 5.35. The number of hydrogen-bond acceptors (Lipinski definition) is 1. The first-order chi connectivity index (χ1) is 6.22. The van der Waals surface area contributed by atoms with Gasteiger partial charge < -0.3 is 5.73 Å². The van der Waals surface area contributed by atoms with Gasteiger partial charge in [-0.2, -0.15) is 0 Å². The minimum Gasteiger partial charge on any atom is -0.328 e. The van der Waals surface area contributed by atoms with Gasteiger partial charge in [0, 0.05) is 11.6 Å². The topological polar surface area (TPSA) is 26.0 Å². The average Bonchev–Trinajstić information content (AvgIpc) is 2.15. The second-order valence-corrected chi connectivity index (χ2v) is 3.36. The zero-order valence-corrected chi connectivity index (χ0v) is 7.96. The van der Waals surface area contributed by atoms with Gasteiger partial charge in [-0.25, -0.2) is 0 Å². The Labute approximate surface area is 80.0 Å². The molecule has 1 aromatic rings. The molecule has 0 amide bonds. The molecular weight excluding hydrogens is 158 g/mol. The van der Waals surface area contributed by atoms with Gasteiger partial charge in [0.25, 0.3) is 0 Å². The Bertz CT molecular complexity index is 307. The first kappa shape index (κ1) is 9.83. The van der Waals surface area contributed by atoms with E-state index in [2.05, 4.69) is 12.0 Å². The van der Waals surface area contributed by atoms with E-state index >= 15 is 0 Å². The smallest absolute Gasteiger partial charge is 0.0245 e. The minimum absolute atomic E-state index is 0.259. The predicted molar refractivity (Wildman–Crippen MR) is 56.3 cm³/mol. The van der Waals surface area contributed by atoms with Crippen LogP contribution in [0.15, 0.2) is 24.3 Å². The van der Waals surface area contributed by atoms with Crippen LogP contribution in [-0.2, 0) is 6.42 Å². The fraction of sp³-hybridized carbons (Fsp3) is 0.333. The number of nitrogens with two attached hydrogens (primary N) is 1. The molecule has 68 valence electrons. The molecule has 0 fully saturated rings. The molecule has 1 heteroatoms. The molecule has 0 radical (unpaired) electrons. The van der Waals surface area contributed by atoms with Gasteiger partial charge in [-0.1, -0.05) is 18.1 Å². The molecule has 1 atom stereocenters. The van der Waals surface area contributed by atoms with E-state index in [4.69, 9.17) is 12.2 Å². The molecule has 1 unspecified atom stereocenters. The van der Waals surface area contributed by atoms with Crippen molar-refractivity contribution in [3.8, 4) is 12.3 Å². The van der Waals surface area contributed by atoms with Crippen LogP contribution in [0.1, 0.15) is 24.5 Å². The fourth-order valence-electron chi connectivity index (χ4n) is 1.21. The Balaban J connectivity index is 2.63. The molecule has 0 aliphatic carbocycles. The van der Waals surface area contributed by atoms with Gasteiger partial charge in [0.05, 0.1) is 0 Å². The van der Waals surface area contributed by atoms with Crippen molar-refractivity contribution in [3.63, 3.8) is 0 Å². The summed E-state index contributed by atoms with van der Waals surface area (Å²) in [5.41, 5.74) is 7.89. The lowest BCUT2D eigenvalue weighted by Gasteiger charge is -2.04. The highest BCUT2D eigenvalue weighted by Crippen LogP contribution is 2.07. The Hall–Kier alpha value is -1.26. The molecule has 1 rings (SSSR count). The summed E-state index contributed by atoms with van der Waals surface area (Å²) in [5.74, 6) is 2.62. The molecule has 0 spiro atoms. The van der Waals surface area contributed by atoms with Crippen molar-refractivity contribution in [1.29, 1.82) is 0 Å². The molecule has 1 aromatic carbocycles. The third-order valence-electron chi connectivity index (χ3n) is 1.98. The van der Waals surface area contributed by atoms with Crippen LogP contribution >= 0.6 is 0 Å². The summed E-state index contributed by atoms with van der Waals surface area (Å²) in [6.07, 6.45) is 7.32. The predicted octanol–water partition coefficient (Wildman–Crippen LogP) is 1.95. The standard InChI is InChI=1S/C12H15N/c1-3-11-5-4-6-12(9-11)8-7-10(2)13/h1,4-6,9-10H,7-8,13H2,2H3. The Morgan fingerprint density at radius 1 is 1.54 bits per heavy atom. The first-order valence-corrected chi connectivity index (χ1v) is 4.53. The van der Waals surface area contributed by atoms with E-state index < -0.39 is 0 Å². The summed E-state index contributed by atoms with van der Waals surface area (Å²) < 4.78 is 0. The molecule has 0 bridgehead atoms. The molecule has 0 saturated carbocycles. The first-order valence-electron chi connectivity index (χ1n) is 4.53. The lowest BCUT2D eigenvalue weighted by Crippen LogP contribution is -2.15. The summed E-state index contributed by atoms with van der Waals surface area (Å²) in [7, 11) is 0. The normalized spacial score (nSPS) is 12.1. The molecule has 0 aromatic heterocycles. The Morgan fingerprint density at radius 2 is 2.31 bits per heavy atom.